The van der Waals surface area contributed by atoms with Crippen LogP contribution in [0.25, 0.3) is 0 Å². The van der Waals surface area contributed by atoms with E-state index in [1.807, 2.05) is 48.5 Å². The Morgan fingerprint density at radius 1 is 0.935 bits per heavy atom. The number of amides is 2. The number of carbonyl (C=O) groups excluding carboxylic acids is 2. The van der Waals surface area contributed by atoms with E-state index in [1.54, 1.807) is 33.3 Å². The highest BCUT2D eigenvalue weighted by Crippen LogP contribution is 2.33. The summed E-state index contributed by atoms with van der Waals surface area (Å²) in [6.45, 7) is 0. The van der Waals surface area contributed by atoms with E-state index in [2.05, 4.69) is 12.1 Å². The van der Waals surface area contributed by atoms with E-state index in [9.17, 15) is 14.7 Å². The van der Waals surface area contributed by atoms with Gasteiger partial charge in [-0.2, -0.15) is 0 Å². The molecule has 0 radical (unpaired) electrons. The van der Waals surface area contributed by atoms with E-state index >= 15 is 0 Å². The van der Waals surface area contributed by atoms with Crippen LogP contribution in [0.4, 0.5) is 0 Å². The molecule has 0 aliphatic carbocycles. The van der Waals surface area contributed by atoms with Crippen LogP contribution in [-0.2, 0) is 16.0 Å². The van der Waals surface area contributed by atoms with Crippen LogP contribution in [-0.4, -0.2) is 62.1 Å². The van der Waals surface area contributed by atoms with Crippen LogP contribution in [0.1, 0.15) is 30.1 Å². The third-order valence-electron chi connectivity index (χ3n) is 5.89. The number of carbonyl (C=O) groups is 2. The second kappa shape index (κ2) is 10.6. The quantitative estimate of drug-likeness (QED) is 0.691. The lowest BCUT2D eigenvalue weighted by atomic mass is 10.0. The normalized spacial score (nSPS) is 22.0. The zero-order valence-corrected chi connectivity index (χ0v) is 19.1. The first-order chi connectivity index (χ1) is 15.1. The Morgan fingerprint density at radius 2 is 1.58 bits per heavy atom. The molecular weight excluding hydrogens is 428 g/mol. The third kappa shape index (κ3) is 5.27. The molecule has 7 heteroatoms. The molecule has 2 fully saturated rings. The van der Waals surface area contributed by atoms with Crippen molar-refractivity contribution >= 4 is 35.3 Å². The Kier molecular flexibility index (Phi) is 7.58. The lowest BCUT2D eigenvalue weighted by Crippen LogP contribution is -2.51. The van der Waals surface area contributed by atoms with Crippen molar-refractivity contribution in [3.05, 3.63) is 71.8 Å². The van der Waals surface area contributed by atoms with Gasteiger partial charge in [-0.1, -0.05) is 60.7 Å². The number of aliphatic hydroxyl groups is 1. The summed E-state index contributed by atoms with van der Waals surface area (Å²) in [5.74, 6) is 2.46. The van der Waals surface area contributed by atoms with Gasteiger partial charge < -0.3 is 14.9 Å². The highest BCUT2D eigenvalue weighted by Gasteiger charge is 2.42. The van der Waals surface area contributed by atoms with E-state index in [-0.39, 0.29) is 17.9 Å². The predicted octanol–water partition coefficient (Wildman–Crippen LogP) is 3.55. The van der Waals surface area contributed by atoms with Gasteiger partial charge in [0.2, 0.25) is 11.8 Å². The van der Waals surface area contributed by atoms with Gasteiger partial charge in [0, 0.05) is 17.9 Å². The van der Waals surface area contributed by atoms with Crippen LogP contribution in [0, 0.1) is 0 Å². The van der Waals surface area contributed by atoms with Crippen molar-refractivity contribution in [2.24, 2.45) is 0 Å². The minimum Gasteiger partial charge on any atom is -0.386 e. The fourth-order valence-corrected chi connectivity index (χ4v) is 6.53. The molecule has 4 rings (SSSR count). The molecule has 0 aromatic heterocycles. The minimum absolute atomic E-state index is 0.0357. The van der Waals surface area contributed by atoms with Crippen LogP contribution in [0.3, 0.4) is 0 Å². The molecule has 2 saturated heterocycles. The van der Waals surface area contributed by atoms with Crippen molar-refractivity contribution < 1.29 is 14.7 Å². The molecule has 31 heavy (non-hydrogen) atoms. The van der Waals surface area contributed by atoms with Crippen molar-refractivity contribution in [3.8, 4) is 0 Å². The molecule has 2 heterocycles. The van der Waals surface area contributed by atoms with Crippen molar-refractivity contribution in [1.82, 2.24) is 9.80 Å². The number of thioether (sulfide) groups is 2. The molecule has 164 valence electrons. The summed E-state index contributed by atoms with van der Waals surface area (Å²) in [7, 11) is 0. The van der Waals surface area contributed by atoms with Gasteiger partial charge in [0.25, 0.3) is 0 Å². The first-order valence-corrected chi connectivity index (χ1v) is 13.0. The fourth-order valence-electron chi connectivity index (χ4n) is 4.13. The highest BCUT2D eigenvalue weighted by molar-refractivity contribution is 7.99. The van der Waals surface area contributed by atoms with Crippen LogP contribution >= 0.6 is 23.5 Å². The van der Waals surface area contributed by atoms with Crippen LogP contribution in [0.15, 0.2) is 60.7 Å². The third-order valence-corrected chi connectivity index (χ3v) is 7.94. The van der Waals surface area contributed by atoms with Gasteiger partial charge >= 0.3 is 0 Å². The van der Waals surface area contributed by atoms with Crippen LogP contribution < -0.4 is 0 Å². The topological polar surface area (TPSA) is 60.9 Å². The van der Waals surface area contributed by atoms with Gasteiger partial charge in [-0.05, 0) is 24.0 Å². The van der Waals surface area contributed by atoms with Crippen molar-refractivity contribution in [3.63, 3.8) is 0 Å². The number of nitrogens with zero attached hydrogens (tertiary/aromatic N) is 2. The molecule has 2 aromatic carbocycles. The summed E-state index contributed by atoms with van der Waals surface area (Å²) in [5.41, 5.74) is 2.05. The molecule has 2 aromatic rings. The number of rotatable bonds is 7. The molecule has 0 saturated carbocycles. The Hall–Kier alpha value is -1.96. The van der Waals surface area contributed by atoms with E-state index in [0.717, 1.165) is 18.4 Å². The molecule has 5 nitrogen and oxygen atoms in total. The molecule has 0 spiro atoms. The Bertz CT molecular complexity index is 881. The smallest absolute Gasteiger partial charge is 0.247 e. The van der Waals surface area contributed by atoms with Crippen molar-refractivity contribution in [2.75, 3.05) is 23.3 Å². The van der Waals surface area contributed by atoms with Gasteiger partial charge in [-0.25, -0.2) is 0 Å². The highest BCUT2D eigenvalue weighted by atomic mass is 32.2. The predicted molar refractivity (Wildman–Crippen MR) is 127 cm³/mol. The molecule has 3 unspecified atom stereocenters. The number of aliphatic hydroxyl groups excluding tert-OH is 1. The monoisotopic (exact) mass is 456 g/mol. The Balaban J connectivity index is 1.37. The molecule has 2 aliphatic heterocycles. The number of aryl methyl sites for hydroxylation is 1. The van der Waals surface area contributed by atoms with E-state index in [0.29, 0.717) is 29.7 Å². The Morgan fingerprint density at radius 3 is 2.32 bits per heavy atom. The van der Waals surface area contributed by atoms with Gasteiger partial charge in [-0.3, -0.25) is 9.59 Å². The van der Waals surface area contributed by atoms with Gasteiger partial charge in [-0.15, -0.1) is 23.5 Å². The number of hydrogen-bond donors (Lipinski definition) is 1. The van der Waals surface area contributed by atoms with Gasteiger partial charge in [0.05, 0.1) is 17.8 Å². The maximum atomic E-state index is 13.4. The second-order valence-corrected chi connectivity index (χ2v) is 9.95. The maximum Gasteiger partial charge on any atom is 0.247 e. The Labute approximate surface area is 192 Å². The fraction of sp³-hybridized carbons (Fsp3) is 0.417. The summed E-state index contributed by atoms with van der Waals surface area (Å²) in [6, 6.07) is 19.0. The summed E-state index contributed by atoms with van der Waals surface area (Å²) >= 11 is 3.29. The first kappa shape index (κ1) is 22.2. The van der Waals surface area contributed by atoms with Crippen LogP contribution in [0.5, 0.6) is 0 Å². The summed E-state index contributed by atoms with van der Waals surface area (Å²) < 4.78 is 0. The lowest BCUT2D eigenvalue weighted by molar-refractivity contribution is -0.145. The standard InChI is InChI=1S/C24H28N2O3S2/c27-22(13-7-10-18-8-3-1-4-9-18)25-16-31-15-21(25)24(29)26-17-30-14-20(26)23(28)19-11-5-2-6-12-19/h1-6,8-9,11-12,20-21,23,28H,7,10,13-17H2. The van der Waals surface area contributed by atoms with Gasteiger partial charge in [0.15, 0.2) is 0 Å². The van der Waals surface area contributed by atoms with Crippen LogP contribution in [0.2, 0.25) is 0 Å². The number of hydrogen-bond acceptors (Lipinski definition) is 5. The zero-order chi connectivity index (χ0) is 21.6. The molecule has 3 atom stereocenters. The molecule has 2 amide bonds. The molecule has 1 N–H and O–H groups in total. The largest absolute Gasteiger partial charge is 0.386 e. The van der Waals surface area contributed by atoms with Crippen molar-refractivity contribution in [2.45, 2.75) is 37.5 Å². The minimum atomic E-state index is -0.718. The summed E-state index contributed by atoms with van der Waals surface area (Å²) in [4.78, 5) is 29.8. The average Bonchev–Trinajstić information content (AvgIpc) is 3.49. The maximum absolute atomic E-state index is 13.4. The van der Waals surface area contributed by atoms with E-state index in [1.165, 1.54) is 5.56 Å². The summed E-state index contributed by atoms with van der Waals surface area (Å²) in [5, 5.41) is 10.9. The lowest BCUT2D eigenvalue weighted by Gasteiger charge is -2.32. The molecule has 0 bridgehead atoms. The summed E-state index contributed by atoms with van der Waals surface area (Å²) in [6.07, 6.45) is 1.37. The van der Waals surface area contributed by atoms with Gasteiger partial charge in [0.1, 0.15) is 12.1 Å². The van der Waals surface area contributed by atoms with E-state index < -0.39 is 12.1 Å². The van der Waals surface area contributed by atoms with E-state index in [4.69, 9.17) is 0 Å². The SMILES string of the molecule is O=C(CCCc1ccccc1)N1CSCC1C(=O)N1CSCC1C(O)c1ccccc1. The average molecular weight is 457 g/mol. The first-order valence-electron chi connectivity index (χ1n) is 10.7. The van der Waals surface area contributed by atoms with Crippen molar-refractivity contribution in [1.29, 1.82) is 0 Å². The second-order valence-electron chi connectivity index (χ2n) is 7.95. The molecular formula is C24H28N2O3S2. The molecule has 2 aliphatic rings. The number of benzene rings is 2. The zero-order valence-electron chi connectivity index (χ0n) is 17.4.